The molecule has 0 saturated heterocycles. The summed E-state index contributed by atoms with van der Waals surface area (Å²) in [5.74, 6) is 0. The molecule has 0 saturated carbocycles. The van der Waals surface area contributed by atoms with Crippen LogP contribution >= 0.6 is 0 Å². The summed E-state index contributed by atoms with van der Waals surface area (Å²) >= 11 is 0. The first-order valence-electron chi connectivity index (χ1n) is 5.69. The third kappa shape index (κ3) is 8.27. The number of ether oxygens (including phenoxy) is 1. The van der Waals surface area contributed by atoms with E-state index < -0.39 is 0 Å². The average molecular weight is 199 g/mol. The van der Waals surface area contributed by atoms with Crippen molar-refractivity contribution >= 4 is 0 Å². The van der Waals surface area contributed by atoms with Gasteiger partial charge in [-0.05, 0) is 18.9 Å². The monoisotopic (exact) mass is 199 g/mol. The Bertz CT molecular complexity index is 145. The van der Waals surface area contributed by atoms with Crippen LogP contribution in [0.25, 0.3) is 0 Å². The lowest BCUT2D eigenvalue weighted by Gasteiger charge is -2.13. The summed E-state index contributed by atoms with van der Waals surface area (Å²) in [6.45, 7) is 9.30. The van der Waals surface area contributed by atoms with E-state index in [2.05, 4.69) is 20.4 Å². The molecule has 0 spiro atoms. The van der Waals surface area contributed by atoms with Gasteiger partial charge < -0.3 is 10.5 Å². The van der Waals surface area contributed by atoms with Crippen LogP contribution in [0.5, 0.6) is 0 Å². The number of unbranched alkanes of at least 4 members (excludes halogenated alkanes) is 3. The molecular weight excluding hydrogens is 174 g/mol. The first-order valence-corrected chi connectivity index (χ1v) is 5.69. The number of rotatable bonds is 9. The second-order valence-electron chi connectivity index (χ2n) is 3.93. The fraction of sp³-hybridized carbons (Fsp3) is 0.833. The van der Waals surface area contributed by atoms with Gasteiger partial charge in [0, 0.05) is 6.54 Å². The van der Waals surface area contributed by atoms with Gasteiger partial charge in [-0.2, -0.15) is 0 Å². The molecule has 14 heavy (non-hydrogen) atoms. The van der Waals surface area contributed by atoms with Crippen molar-refractivity contribution in [1.29, 1.82) is 0 Å². The lowest BCUT2D eigenvalue weighted by atomic mass is 10.1. The molecule has 1 unspecified atom stereocenters. The van der Waals surface area contributed by atoms with Gasteiger partial charge in [-0.15, -0.1) is 0 Å². The maximum absolute atomic E-state index is 5.60. The zero-order valence-electron chi connectivity index (χ0n) is 9.72. The fourth-order valence-electron chi connectivity index (χ4n) is 1.26. The third-order valence-corrected chi connectivity index (χ3v) is 2.32. The van der Waals surface area contributed by atoms with Gasteiger partial charge in [-0.1, -0.05) is 39.2 Å². The Morgan fingerprint density at radius 2 is 2.07 bits per heavy atom. The summed E-state index contributed by atoms with van der Waals surface area (Å²) in [6.07, 6.45) is 6.71. The van der Waals surface area contributed by atoms with Gasteiger partial charge in [-0.3, -0.25) is 0 Å². The Labute approximate surface area is 88.5 Å². The van der Waals surface area contributed by atoms with Crippen LogP contribution in [0, 0.1) is 0 Å². The summed E-state index contributed by atoms with van der Waals surface area (Å²) in [7, 11) is 0. The highest BCUT2D eigenvalue weighted by atomic mass is 16.5. The molecule has 0 heterocycles. The highest BCUT2D eigenvalue weighted by Gasteiger charge is 2.02. The smallest absolute Gasteiger partial charge is 0.0690 e. The minimum atomic E-state index is 0.343. The predicted octanol–water partition coefficient (Wildman–Crippen LogP) is 2.88. The van der Waals surface area contributed by atoms with Gasteiger partial charge >= 0.3 is 0 Å². The van der Waals surface area contributed by atoms with Gasteiger partial charge in [-0.25, -0.2) is 0 Å². The van der Waals surface area contributed by atoms with Crippen molar-refractivity contribution in [1.82, 2.24) is 0 Å². The summed E-state index contributed by atoms with van der Waals surface area (Å²) in [6, 6.07) is 0. The van der Waals surface area contributed by atoms with Gasteiger partial charge in [0.2, 0.25) is 0 Å². The van der Waals surface area contributed by atoms with Crippen LogP contribution in [0.2, 0.25) is 0 Å². The van der Waals surface area contributed by atoms with E-state index in [1.165, 1.54) is 25.7 Å². The summed E-state index contributed by atoms with van der Waals surface area (Å²) in [5, 5.41) is 0. The third-order valence-electron chi connectivity index (χ3n) is 2.32. The van der Waals surface area contributed by atoms with Crippen LogP contribution in [-0.4, -0.2) is 19.3 Å². The second kappa shape index (κ2) is 9.22. The topological polar surface area (TPSA) is 35.2 Å². The van der Waals surface area contributed by atoms with E-state index in [-0.39, 0.29) is 0 Å². The Hall–Kier alpha value is -0.340. The van der Waals surface area contributed by atoms with E-state index in [0.29, 0.717) is 19.3 Å². The van der Waals surface area contributed by atoms with Gasteiger partial charge in [0.25, 0.3) is 0 Å². The Kier molecular flexibility index (Phi) is 9.00. The molecule has 0 radical (unpaired) electrons. The van der Waals surface area contributed by atoms with Crippen molar-refractivity contribution in [2.24, 2.45) is 5.73 Å². The molecule has 0 rings (SSSR count). The minimum absolute atomic E-state index is 0.343. The molecule has 0 bridgehead atoms. The quantitative estimate of drug-likeness (QED) is 0.458. The molecule has 0 aromatic heterocycles. The first kappa shape index (κ1) is 13.7. The van der Waals surface area contributed by atoms with Gasteiger partial charge in [0.1, 0.15) is 0 Å². The highest BCUT2D eigenvalue weighted by molar-refractivity contribution is 4.95. The summed E-state index contributed by atoms with van der Waals surface area (Å²) < 4.78 is 5.60. The number of hydrogen-bond acceptors (Lipinski definition) is 2. The number of nitrogens with two attached hydrogens (primary N) is 1. The van der Waals surface area contributed by atoms with Gasteiger partial charge in [0.15, 0.2) is 0 Å². The molecule has 0 aromatic rings. The van der Waals surface area contributed by atoms with Crippen LogP contribution < -0.4 is 5.73 Å². The van der Waals surface area contributed by atoms with Crippen LogP contribution in [0.4, 0.5) is 0 Å². The molecule has 0 aliphatic rings. The molecule has 0 aliphatic heterocycles. The van der Waals surface area contributed by atoms with Crippen molar-refractivity contribution in [2.75, 3.05) is 13.2 Å². The molecule has 2 heteroatoms. The van der Waals surface area contributed by atoms with E-state index >= 15 is 0 Å². The maximum atomic E-state index is 5.60. The molecule has 0 aliphatic carbocycles. The highest BCUT2D eigenvalue weighted by Crippen LogP contribution is 2.08. The van der Waals surface area contributed by atoms with Crippen LogP contribution in [-0.2, 0) is 4.74 Å². The van der Waals surface area contributed by atoms with E-state index in [0.717, 1.165) is 12.0 Å². The Balaban J connectivity index is 3.27. The van der Waals surface area contributed by atoms with E-state index in [1.54, 1.807) is 0 Å². The van der Waals surface area contributed by atoms with Crippen LogP contribution in [0.3, 0.4) is 0 Å². The zero-order chi connectivity index (χ0) is 10.8. The standard InChI is InChI=1S/C12H25NO/c1-4-5-6-7-8-12(3)14-10-11(2)9-13/h12H,2,4-10,13H2,1,3H3. The summed E-state index contributed by atoms with van der Waals surface area (Å²) in [5.41, 5.74) is 6.40. The number of hydrogen-bond donors (Lipinski definition) is 1. The van der Waals surface area contributed by atoms with Gasteiger partial charge in [0.05, 0.1) is 12.7 Å². The molecule has 0 amide bonds. The lowest BCUT2D eigenvalue weighted by Crippen LogP contribution is -2.14. The van der Waals surface area contributed by atoms with E-state index in [4.69, 9.17) is 10.5 Å². The normalized spacial score (nSPS) is 12.8. The molecule has 2 N–H and O–H groups in total. The van der Waals surface area contributed by atoms with E-state index in [9.17, 15) is 0 Å². The zero-order valence-corrected chi connectivity index (χ0v) is 9.72. The molecule has 2 nitrogen and oxygen atoms in total. The molecule has 1 atom stereocenters. The fourth-order valence-corrected chi connectivity index (χ4v) is 1.26. The van der Waals surface area contributed by atoms with Crippen LogP contribution in [0.15, 0.2) is 12.2 Å². The molecule has 0 aromatic carbocycles. The average Bonchev–Trinajstić information content (AvgIpc) is 2.21. The minimum Gasteiger partial charge on any atom is -0.374 e. The SMILES string of the molecule is C=C(CN)COC(C)CCCCCC. The lowest BCUT2D eigenvalue weighted by molar-refractivity contribution is 0.0748. The van der Waals surface area contributed by atoms with Crippen molar-refractivity contribution < 1.29 is 4.74 Å². The largest absolute Gasteiger partial charge is 0.374 e. The molecule has 84 valence electrons. The Morgan fingerprint density at radius 3 is 2.64 bits per heavy atom. The van der Waals surface area contributed by atoms with Crippen molar-refractivity contribution in [3.63, 3.8) is 0 Å². The summed E-state index contributed by atoms with van der Waals surface area (Å²) in [4.78, 5) is 0. The maximum Gasteiger partial charge on any atom is 0.0690 e. The van der Waals surface area contributed by atoms with Crippen molar-refractivity contribution in [2.45, 2.75) is 52.1 Å². The molecule has 0 fully saturated rings. The van der Waals surface area contributed by atoms with E-state index in [1.807, 2.05) is 0 Å². The molecular formula is C12H25NO. The van der Waals surface area contributed by atoms with Crippen molar-refractivity contribution in [3.8, 4) is 0 Å². The predicted molar refractivity (Wildman–Crippen MR) is 62.4 cm³/mol. The second-order valence-corrected chi connectivity index (χ2v) is 3.93. The Morgan fingerprint density at radius 1 is 1.36 bits per heavy atom. The van der Waals surface area contributed by atoms with Crippen LogP contribution in [0.1, 0.15) is 46.0 Å². The first-order chi connectivity index (χ1) is 6.70. The van der Waals surface area contributed by atoms with Crippen molar-refractivity contribution in [3.05, 3.63) is 12.2 Å².